The fourth-order valence-corrected chi connectivity index (χ4v) is 4.47. The first-order valence-electron chi connectivity index (χ1n) is 10.1. The van der Waals surface area contributed by atoms with Gasteiger partial charge in [-0.15, -0.1) is 0 Å². The summed E-state index contributed by atoms with van der Waals surface area (Å²) >= 11 is 0. The fourth-order valence-electron chi connectivity index (χ4n) is 4.47. The molecular weight excluding hydrogens is 372 g/mol. The Hall–Kier alpha value is -2.74. The third kappa shape index (κ3) is 3.64. The van der Waals surface area contributed by atoms with E-state index in [4.69, 9.17) is 9.47 Å². The molecule has 0 bridgehead atoms. The van der Waals surface area contributed by atoms with Gasteiger partial charge in [0.15, 0.2) is 0 Å². The highest BCUT2D eigenvalue weighted by Crippen LogP contribution is 2.37. The lowest BCUT2D eigenvalue weighted by Crippen LogP contribution is -3.10. The Morgan fingerprint density at radius 1 is 1.10 bits per heavy atom. The normalized spacial score (nSPS) is 22.2. The Kier molecular flexibility index (Phi) is 5.36. The molecule has 2 N–H and O–H groups in total. The molecule has 1 aromatic carbocycles. The maximum Gasteiger partial charge on any atom is 0.322 e. The highest BCUT2D eigenvalue weighted by atomic mass is 16.5. The van der Waals surface area contributed by atoms with E-state index in [9.17, 15) is 9.59 Å². The molecule has 1 atom stereocenters. The van der Waals surface area contributed by atoms with Crippen molar-refractivity contribution in [2.45, 2.75) is 18.9 Å². The van der Waals surface area contributed by atoms with Crippen LogP contribution in [-0.4, -0.2) is 75.7 Å². The SMILES string of the molecule is COc1cc(OC)cc([C@H]2NC(=O)N(C)C3=C2C(=O)N(CC[NH+]2CCCC2)C3)c1. The zero-order valence-corrected chi connectivity index (χ0v) is 17.3. The first kappa shape index (κ1) is 19.6. The molecule has 3 aliphatic rings. The Labute approximate surface area is 171 Å². The summed E-state index contributed by atoms with van der Waals surface area (Å²) in [4.78, 5) is 30.9. The molecule has 0 radical (unpaired) electrons. The number of methoxy groups -OCH3 is 2. The molecule has 3 amide bonds. The van der Waals surface area contributed by atoms with Gasteiger partial charge in [0.05, 0.1) is 64.3 Å². The molecule has 1 fully saturated rings. The largest absolute Gasteiger partial charge is 0.497 e. The number of hydrogen-bond donors (Lipinski definition) is 2. The van der Waals surface area contributed by atoms with Crippen molar-refractivity contribution in [3.05, 3.63) is 35.0 Å². The molecule has 1 saturated heterocycles. The Bertz CT molecular complexity index is 825. The lowest BCUT2D eigenvalue weighted by Gasteiger charge is -2.31. The van der Waals surface area contributed by atoms with Crippen LogP contribution >= 0.6 is 0 Å². The molecule has 3 aliphatic heterocycles. The minimum atomic E-state index is -0.519. The van der Waals surface area contributed by atoms with E-state index in [1.165, 1.54) is 25.9 Å². The highest BCUT2D eigenvalue weighted by Gasteiger charge is 2.43. The number of carbonyl (C=O) groups excluding carboxylic acids is 2. The number of likely N-dealkylation sites (tertiary alicyclic amines) is 1. The van der Waals surface area contributed by atoms with Crippen molar-refractivity contribution in [1.29, 1.82) is 0 Å². The summed E-state index contributed by atoms with van der Waals surface area (Å²) in [7, 11) is 4.88. The van der Waals surface area contributed by atoms with Crippen LogP contribution in [-0.2, 0) is 4.79 Å². The number of carbonyl (C=O) groups is 2. The van der Waals surface area contributed by atoms with Crippen molar-refractivity contribution in [3.63, 3.8) is 0 Å². The second kappa shape index (κ2) is 7.94. The predicted molar refractivity (Wildman–Crippen MR) is 107 cm³/mol. The monoisotopic (exact) mass is 401 g/mol. The summed E-state index contributed by atoms with van der Waals surface area (Å²) in [5, 5.41) is 2.97. The molecular formula is C21H29N4O4+. The van der Waals surface area contributed by atoms with Gasteiger partial charge in [-0.3, -0.25) is 9.69 Å². The number of hydrogen-bond acceptors (Lipinski definition) is 4. The standard InChI is InChI=1S/C21H28N4O4/c1-23-17-13-25(9-8-24-6-4-5-7-24)20(26)18(17)19(22-21(23)27)14-10-15(28-2)12-16(11-14)29-3/h10-12,19H,4-9,13H2,1-3H3,(H,22,27)/p+1/t19-/m1/s1. The number of urea groups is 1. The summed E-state index contributed by atoms with van der Waals surface area (Å²) in [5.74, 6) is 1.24. The zero-order chi connectivity index (χ0) is 20.5. The van der Waals surface area contributed by atoms with Gasteiger partial charge in [0, 0.05) is 26.0 Å². The van der Waals surface area contributed by atoms with Gasteiger partial charge in [0.25, 0.3) is 5.91 Å². The first-order chi connectivity index (χ1) is 14.0. The Morgan fingerprint density at radius 2 is 1.76 bits per heavy atom. The Morgan fingerprint density at radius 3 is 2.38 bits per heavy atom. The number of nitrogens with zero attached hydrogens (tertiary/aromatic N) is 2. The molecule has 156 valence electrons. The number of quaternary nitrogens is 1. The minimum absolute atomic E-state index is 0.00256. The lowest BCUT2D eigenvalue weighted by molar-refractivity contribution is -0.886. The van der Waals surface area contributed by atoms with Crippen molar-refractivity contribution in [2.24, 2.45) is 0 Å². The van der Waals surface area contributed by atoms with Crippen molar-refractivity contribution in [2.75, 3.05) is 54.0 Å². The first-order valence-corrected chi connectivity index (χ1v) is 10.1. The van der Waals surface area contributed by atoms with E-state index in [1.54, 1.807) is 37.1 Å². The maximum absolute atomic E-state index is 13.3. The van der Waals surface area contributed by atoms with E-state index in [2.05, 4.69) is 5.32 Å². The summed E-state index contributed by atoms with van der Waals surface area (Å²) in [6.45, 7) is 4.50. The zero-order valence-electron chi connectivity index (χ0n) is 17.3. The van der Waals surface area contributed by atoms with E-state index >= 15 is 0 Å². The van der Waals surface area contributed by atoms with Crippen molar-refractivity contribution in [3.8, 4) is 11.5 Å². The van der Waals surface area contributed by atoms with Crippen LogP contribution < -0.4 is 19.7 Å². The van der Waals surface area contributed by atoms with Gasteiger partial charge < -0.3 is 24.6 Å². The average Bonchev–Trinajstić information content (AvgIpc) is 3.37. The van der Waals surface area contributed by atoms with Crippen LogP contribution in [0.5, 0.6) is 11.5 Å². The molecule has 0 unspecified atom stereocenters. The van der Waals surface area contributed by atoms with Gasteiger partial charge in [-0.05, 0) is 17.7 Å². The van der Waals surface area contributed by atoms with Crippen LogP contribution in [0.1, 0.15) is 24.4 Å². The quantitative estimate of drug-likeness (QED) is 0.713. The molecule has 1 aromatic rings. The van der Waals surface area contributed by atoms with Gasteiger partial charge in [-0.2, -0.15) is 0 Å². The van der Waals surface area contributed by atoms with Crippen LogP contribution in [0, 0.1) is 0 Å². The number of likely N-dealkylation sites (N-methyl/N-ethyl adjacent to an activating group) is 1. The Balaban J connectivity index is 1.62. The summed E-state index contributed by atoms with van der Waals surface area (Å²) in [5.41, 5.74) is 2.19. The van der Waals surface area contributed by atoms with Crippen molar-refractivity contribution < 1.29 is 24.0 Å². The second-order valence-corrected chi connectivity index (χ2v) is 7.88. The van der Waals surface area contributed by atoms with Gasteiger partial charge in [0.2, 0.25) is 0 Å². The molecule has 8 nitrogen and oxygen atoms in total. The third-order valence-electron chi connectivity index (χ3n) is 6.19. The smallest absolute Gasteiger partial charge is 0.322 e. The molecule has 29 heavy (non-hydrogen) atoms. The van der Waals surface area contributed by atoms with Gasteiger partial charge in [-0.1, -0.05) is 0 Å². The average molecular weight is 401 g/mol. The minimum Gasteiger partial charge on any atom is -0.497 e. The van der Waals surface area contributed by atoms with E-state index in [-0.39, 0.29) is 11.9 Å². The molecule has 0 aliphatic carbocycles. The fraction of sp³-hybridized carbons (Fsp3) is 0.524. The molecule has 0 aromatic heterocycles. The number of ether oxygens (including phenoxy) is 2. The lowest BCUT2D eigenvalue weighted by atomic mass is 9.95. The highest BCUT2D eigenvalue weighted by molar-refractivity contribution is 6.01. The molecule has 8 heteroatoms. The molecule has 4 rings (SSSR count). The number of benzene rings is 1. The van der Waals surface area contributed by atoms with Crippen LogP contribution in [0.3, 0.4) is 0 Å². The molecule has 0 saturated carbocycles. The van der Waals surface area contributed by atoms with Gasteiger partial charge >= 0.3 is 6.03 Å². The van der Waals surface area contributed by atoms with E-state index in [0.29, 0.717) is 30.2 Å². The van der Waals surface area contributed by atoms with Crippen LogP contribution in [0.25, 0.3) is 0 Å². The van der Waals surface area contributed by atoms with Gasteiger partial charge in [-0.25, -0.2) is 4.79 Å². The van der Waals surface area contributed by atoms with Crippen LogP contribution in [0.4, 0.5) is 4.79 Å². The van der Waals surface area contributed by atoms with E-state index in [0.717, 1.165) is 17.8 Å². The summed E-state index contributed by atoms with van der Waals surface area (Å²) < 4.78 is 10.7. The van der Waals surface area contributed by atoms with E-state index in [1.807, 2.05) is 17.0 Å². The summed E-state index contributed by atoms with van der Waals surface area (Å²) in [6.07, 6.45) is 2.53. The van der Waals surface area contributed by atoms with Crippen molar-refractivity contribution >= 4 is 11.9 Å². The molecule has 0 spiro atoms. The second-order valence-electron chi connectivity index (χ2n) is 7.88. The van der Waals surface area contributed by atoms with Crippen LogP contribution in [0.15, 0.2) is 29.5 Å². The topological polar surface area (TPSA) is 75.5 Å². The predicted octanol–water partition coefficient (Wildman–Crippen LogP) is 0.175. The number of rotatable bonds is 6. The van der Waals surface area contributed by atoms with Gasteiger partial charge in [0.1, 0.15) is 11.5 Å². The summed E-state index contributed by atoms with van der Waals surface area (Å²) in [6, 6.07) is 4.73. The van der Waals surface area contributed by atoms with E-state index < -0.39 is 6.04 Å². The number of amides is 3. The third-order valence-corrected chi connectivity index (χ3v) is 6.19. The van der Waals surface area contributed by atoms with Crippen LogP contribution in [0.2, 0.25) is 0 Å². The number of nitrogens with one attached hydrogen (secondary N) is 2. The van der Waals surface area contributed by atoms with Crippen molar-refractivity contribution in [1.82, 2.24) is 15.1 Å². The molecule has 3 heterocycles. The maximum atomic E-state index is 13.3.